The molecular weight excluding hydrogens is 423 g/mol. The minimum atomic E-state index is -0.860. The highest BCUT2D eigenvalue weighted by Crippen LogP contribution is 2.24. The number of nitrogens with two attached hydrogens (primary N) is 1. The van der Waals surface area contributed by atoms with Gasteiger partial charge in [0.2, 0.25) is 5.91 Å². The van der Waals surface area contributed by atoms with Crippen LogP contribution in [0.3, 0.4) is 0 Å². The summed E-state index contributed by atoms with van der Waals surface area (Å²) in [6.45, 7) is 3.97. The fourth-order valence-corrected chi connectivity index (χ4v) is 3.68. The van der Waals surface area contributed by atoms with Crippen molar-refractivity contribution in [2.45, 2.75) is 20.4 Å². The number of benzene rings is 2. The fourth-order valence-electron chi connectivity index (χ4n) is 3.68. The molecule has 0 aliphatic carbocycles. The van der Waals surface area contributed by atoms with Crippen LogP contribution in [-0.4, -0.2) is 26.6 Å². The van der Waals surface area contributed by atoms with E-state index >= 15 is 0 Å². The first-order chi connectivity index (χ1) is 15.8. The number of nitrogens with one attached hydrogen (secondary N) is 1. The minimum absolute atomic E-state index is 0.0265. The Labute approximate surface area is 188 Å². The molecule has 0 bridgehead atoms. The molecule has 0 spiro atoms. The quantitative estimate of drug-likeness (QED) is 0.489. The van der Waals surface area contributed by atoms with E-state index < -0.39 is 17.6 Å². The highest BCUT2D eigenvalue weighted by Gasteiger charge is 2.20. The summed E-state index contributed by atoms with van der Waals surface area (Å²) in [7, 11) is 0. The molecule has 0 saturated heterocycles. The number of carbonyl (C=O) groups excluding carboxylic acids is 2. The first-order valence-electron chi connectivity index (χ1n) is 10.0. The molecule has 0 saturated carbocycles. The van der Waals surface area contributed by atoms with Gasteiger partial charge in [-0.05, 0) is 49.7 Å². The number of nitrogens with zero attached hydrogens (tertiary/aromatic N) is 4. The van der Waals surface area contributed by atoms with Crippen molar-refractivity contribution in [1.29, 1.82) is 5.26 Å². The Morgan fingerprint density at radius 2 is 1.94 bits per heavy atom. The van der Waals surface area contributed by atoms with Crippen molar-refractivity contribution in [2.75, 3.05) is 5.32 Å². The smallest absolute Gasteiger partial charge is 0.274 e. The summed E-state index contributed by atoms with van der Waals surface area (Å²) >= 11 is 0. The molecular formula is C24H19FN6O2. The maximum atomic E-state index is 14.2. The number of carbonyl (C=O) groups is 2. The van der Waals surface area contributed by atoms with E-state index in [2.05, 4.69) is 21.5 Å². The number of halogens is 1. The van der Waals surface area contributed by atoms with Crippen molar-refractivity contribution in [3.8, 4) is 6.07 Å². The van der Waals surface area contributed by atoms with Crippen LogP contribution >= 0.6 is 0 Å². The Hall–Kier alpha value is -4.58. The van der Waals surface area contributed by atoms with E-state index in [-0.39, 0.29) is 22.2 Å². The van der Waals surface area contributed by atoms with E-state index in [1.54, 1.807) is 29.8 Å². The molecule has 0 fully saturated rings. The maximum Gasteiger partial charge on any atom is 0.274 e. The molecule has 8 nitrogen and oxygen atoms in total. The highest BCUT2D eigenvalue weighted by atomic mass is 19.1. The van der Waals surface area contributed by atoms with Crippen molar-refractivity contribution in [2.24, 2.45) is 5.73 Å². The number of anilines is 1. The number of aromatic nitrogens is 3. The van der Waals surface area contributed by atoms with Crippen LogP contribution in [0.25, 0.3) is 10.9 Å². The van der Waals surface area contributed by atoms with Crippen molar-refractivity contribution in [1.82, 2.24) is 14.8 Å². The van der Waals surface area contributed by atoms with Gasteiger partial charge >= 0.3 is 0 Å². The lowest BCUT2D eigenvalue weighted by atomic mass is 10.1. The average molecular weight is 442 g/mol. The van der Waals surface area contributed by atoms with Crippen LogP contribution in [0.15, 0.2) is 48.5 Å². The summed E-state index contributed by atoms with van der Waals surface area (Å²) < 4.78 is 16.0. The summed E-state index contributed by atoms with van der Waals surface area (Å²) in [4.78, 5) is 29.1. The van der Waals surface area contributed by atoms with Gasteiger partial charge in [0.15, 0.2) is 0 Å². The van der Waals surface area contributed by atoms with E-state index in [9.17, 15) is 14.0 Å². The van der Waals surface area contributed by atoms with Gasteiger partial charge in [0.05, 0.1) is 46.3 Å². The largest absolute Gasteiger partial charge is 0.366 e. The second-order valence-corrected chi connectivity index (χ2v) is 7.52. The second kappa shape index (κ2) is 8.51. The standard InChI is InChI=1S/C24H19FN6O2/c1-13-22(14(2)31(30-13)12-16-6-3-5-15(9-16)11-26)29-24(33)20-10-17(23(27)32)21-18(25)7-4-8-19(21)28-20/h3-10H,12H2,1-2H3,(H2,27,32)(H,29,33). The summed E-state index contributed by atoms with van der Waals surface area (Å²) in [5.74, 6) is -2.09. The topological polar surface area (TPSA) is 127 Å². The third kappa shape index (κ3) is 4.14. The zero-order valence-electron chi connectivity index (χ0n) is 17.9. The number of pyridine rings is 1. The Balaban J connectivity index is 1.66. The number of fused-ring (bicyclic) bond motifs is 1. The molecule has 0 atom stereocenters. The second-order valence-electron chi connectivity index (χ2n) is 7.52. The molecule has 4 rings (SSSR count). The average Bonchev–Trinajstić information content (AvgIpc) is 3.05. The molecule has 0 aliphatic heterocycles. The van der Waals surface area contributed by atoms with Gasteiger partial charge in [-0.15, -0.1) is 0 Å². The van der Waals surface area contributed by atoms with Crippen LogP contribution < -0.4 is 11.1 Å². The molecule has 2 aromatic heterocycles. The summed E-state index contributed by atoms with van der Waals surface area (Å²) in [6, 6.07) is 14.6. The number of primary amides is 1. The molecule has 2 heterocycles. The zero-order chi connectivity index (χ0) is 23.7. The Morgan fingerprint density at radius 3 is 2.67 bits per heavy atom. The van der Waals surface area contributed by atoms with Crippen molar-refractivity contribution in [3.63, 3.8) is 0 Å². The Bertz CT molecular complexity index is 1470. The summed E-state index contributed by atoms with van der Waals surface area (Å²) in [5.41, 5.74) is 8.59. The van der Waals surface area contributed by atoms with Gasteiger partial charge in [-0.25, -0.2) is 9.37 Å². The van der Waals surface area contributed by atoms with Gasteiger partial charge in [-0.2, -0.15) is 10.4 Å². The first-order valence-corrected chi connectivity index (χ1v) is 10.0. The summed E-state index contributed by atoms with van der Waals surface area (Å²) in [5, 5.41) is 16.3. The Kier molecular flexibility index (Phi) is 5.58. The molecule has 0 aliphatic rings. The number of amides is 2. The van der Waals surface area contributed by atoms with Crippen molar-refractivity contribution in [3.05, 3.63) is 88.1 Å². The van der Waals surface area contributed by atoms with Gasteiger partial charge in [-0.3, -0.25) is 14.3 Å². The Morgan fingerprint density at radius 1 is 1.18 bits per heavy atom. The van der Waals surface area contributed by atoms with Crippen LogP contribution in [0.5, 0.6) is 0 Å². The van der Waals surface area contributed by atoms with Gasteiger partial charge in [-0.1, -0.05) is 18.2 Å². The lowest BCUT2D eigenvalue weighted by molar-refractivity contribution is 0.100. The molecule has 3 N–H and O–H groups in total. The third-order valence-corrected chi connectivity index (χ3v) is 5.29. The van der Waals surface area contributed by atoms with Crippen LogP contribution in [0.1, 0.15) is 43.4 Å². The molecule has 33 heavy (non-hydrogen) atoms. The van der Waals surface area contributed by atoms with Crippen LogP contribution in [-0.2, 0) is 6.54 Å². The fraction of sp³-hybridized carbons (Fsp3) is 0.125. The predicted octanol–water partition coefficient (Wildman–Crippen LogP) is 3.46. The number of hydrogen-bond donors (Lipinski definition) is 2. The molecule has 2 aromatic carbocycles. The molecule has 164 valence electrons. The van der Waals surface area contributed by atoms with E-state index in [0.29, 0.717) is 29.2 Å². The SMILES string of the molecule is Cc1nn(Cc2cccc(C#N)c2)c(C)c1NC(=O)c1cc(C(N)=O)c2c(F)cccc2n1. The molecule has 9 heteroatoms. The minimum Gasteiger partial charge on any atom is -0.366 e. The van der Waals surface area contributed by atoms with Gasteiger partial charge < -0.3 is 11.1 Å². The molecule has 0 unspecified atom stereocenters. The third-order valence-electron chi connectivity index (χ3n) is 5.29. The number of nitriles is 1. The van der Waals surface area contributed by atoms with Gasteiger partial charge in [0.25, 0.3) is 5.91 Å². The molecule has 4 aromatic rings. The number of rotatable bonds is 5. The monoisotopic (exact) mass is 442 g/mol. The maximum absolute atomic E-state index is 14.2. The molecule has 0 radical (unpaired) electrons. The normalized spacial score (nSPS) is 10.7. The predicted molar refractivity (Wildman–Crippen MR) is 120 cm³/mol. The van der Waals surface area contributed by atoms with E-state index in [0.717, 1.165) is 5.56 Å². The number of aryl methyl sites for hydroxylation is 1. The molecule has 2 amide bonds. The van der Waals surface area contributed by atoms with Crippen molar-refractivity contribution < 1.29 is 14.0 Å². The van der Waals surface area contributed by atoms with Crippen molar-refractivity contribution >= 4 is 28.4 Å². The van der Waals surface area contributed by atoms with Gasteiger partial charge in [0, 0.05) is 5.39 Å². The first kappa shape index (κ1) is 21.6. The van der Waals surface area contributed by atoms with E-state index in [4.69, 9.17) is 11.0 Å². The van der Waals surface area contributed by atoms with Crippen LogP contribution in [0.4, 0.5) is 10.1 Å². The zero-order valence-corrected chi connectivity index (χ0v) is 17.9. The van der Waals surface area contributed by atoms with E-state index in [1.807, 2.05) is 13.0 Å². The van der Waals surface area contributed by atoms with Crippen LogP contribution in [0, 0.1) is 31.0 Å². The summed E-state index contributed by atoms with van der Waals surface area (Å²) in [6.07, 6.45) is 0. The lowest BCUT2D eigenvalue weighted by Crippen LogP contribution is -2.18. The lowest BCUT2D eigenvalue weighted by Gasteiger charge is -2.10. The number of hydrogen-bond acceptors (Lipinski definition) is 5. The van der Waals surface area contributed by atoms with Gasteiger partial charge in [0.1, 0.15) is 11.5 Å². The van der Waals surface area contributed by atoms with Crippen LogP contribution in [0.2, 0.25) is 0 Å². The highest BCUT2D eigenvalue weighted by molar-refractivity contribution is 6.10. The van der Waals surface area contributed by atoms with E-state index in [1.165, 1.54) is 24.3 Å².